The summed E-state index contributed by atoms with van der Waals surface area (Å²) in [5.74, 6) is 5.78. The molecule has 1 aliphatic heterocycles. The Balaban J connectivity index is 2.42. The molecule has 1 aliphatic rings. The molecule has 1 saturated heterocycles. The van der Waals surface area contributed by atoms with Crippen LogP contribution in [0.1, 0.15) is 26.7 Å². The zero-order valence-electron chi connectivity index (χ0n) is 11.3. The van der Waals surface area contributed by atoms with E-state index < -0.39 is 10.0 Å². The zero-order valence-corrected chi connectivity index (χ0v) is 12.2. The number of nitrogens with one attached hydrogen (secondary N) is 1. The van der Waals surface area contributed by atoms with Crippen molar-refractivity contribution in [1.29, 1.82) is 0 Å². The molecular weight excluding hydrogens is 262 g/mol. The van der Waals surface area contributed by atoms with Gasteiger partial charge in [0.15, 0.2) is 0 Å². The first-order chi connectivity index (χ1) is 8.98. The van der Waals surface area contributed by atoms with Crippen LogP contribution in [0, 0.1) is 5.92 Å². The minimum atomic E-state index is -3.50. The van der Waals surface area contributed by atoms with Gasteiger partial charge in [-0.3, -0.25) is 5.84 Å². The van der Waals surface area contributed by atoms with Gasteiger partial charge in [0.2, 0.25) is 10.0 Å². The lowest BCUT2D eigenvalue weighted by atomic mass is 9.94. The van der Waals surface area contributed by atoms with Gasteiger partial charge in [-0.1, -0.05) is 19.1 Å². The standard InChI is InChI=1S/C13H21N3O2S/c1-10-6-5-9-16(11(10)2)19(17,18)13-8-4-3-7-12(13)15-14/h3-4,7-8,10-11,15H,5-6,9,14H2,1-2H3. The monoisotopic (exact) mass is 283 g/mol. The Labute approximate surface area is 114 Å². The summed E-state index contributed by atoms with van der Waals surface area (Å²) in [6.07, 6.45) is 1.98. The molecule has 0 saturated carbocycles. The summed E-state index contributed by atoms with van der Waals surface area (Å²) < 4.78 is 27.1. The quantitative estimate of drug-likeness (QED) is 0.655. The third-order valence-corrected chi connectivity index (χ3v) is 5.99. The predicted molar refractivity (Wildman–Crippen MR) is 76.0 cm³/mol. The number of nitrogen functional groups attached to an aromatic ring is 1. The summed E-state index contributed by atoms with van der Waals surface area (Å²) >= 11 is 0. The maximum atomic E-state index is 12.8. The largest absolute Gasteiger partial charge is 0.323 e. The first-order valence-electron chi connectivity index (χ1n) is 6.56. The van der Waals surface area contributed by atoms with Crippen molar-refractivity contribution in [3.63, 3.8) is 0 Å². The fourth-order valence-electron chi connectivity index (χ4n) is 2.57. The van der Waals surface area contributed by atoms with Crippen LogP contribution in [0.3, 0.4) is 0 Å². The first kappa shape index (κ1) is 14.3. The van der Waals surface area contributed by atoms with Crippen molar-refractivity contribution in [2.45, 2.75) is 37.6 Å². The van der Waals surface area contributed by atoms with Crippen LogP contribution in [0.2, 0.25) is 0 Å². The lowest BCUT2D eigenvalue weighted by molar-refractivity contribution is 0.202. The molecule has 0 spiro atoms. The second-order valence-corrected chi connectivity index (χ2v) is 6.98. The van der Waals surface area contributed by atoms with E-state index in [9.17, 15) is 8.42 Å². The third kappa shape index (κ3) is 2.61. The maximum absolute atomic E-state index is 12.8. The van der Waals surface area contributed by atoms with Gasteiger partial charge < -0.3 is 5.43 Å². The van der Waals surface area contributed by atoms with Crippen molar-refractivity contribution in [3.05, 3.63) is 24.3 Å². The van der Waals surface area contributed by atoms with Crippen molar-refractivity contribution < 1.29 is 8.42 Å². The molecule has 3 N–H and O–H groups in total. The summed E-state index contributed by atoms with van der Waals surface area (Å²) in [6.45, 7) is 4.64. The predicted octanol–water partition coefficient (Wildman–Crippen LogP) is 1.78. The van der Waals surface area contributed by atoms with Crippen molar-refractivity contribution in [3.8, 4) is 0 Å². The van der Waals surface area contributed by atoms with Crippen LogP contribution in [0.4, 0.5) is 5.69 Å². The average molecular weight is 283 g/mol. The van der Waals surface area contributed by atoms with Crippen molar-refractivity contribution in [2.75, 3.05) is 12.0 Å². The number of rotatable bonds is 3. The lowest BCUT2D eigenvalue weighted by Gasteiger charge is -2.37. The number of hydrogen-bond acceptors (Lipinski definition) is 4. The molecule has 1 aromatic carbocycles. The van der Waals surface area contributed by atoms with E-state index in [1.54, 1.807) is 28.6 Å². The third-order valence-electron chi connectivity index (χ3n) is 3.94. The fourth-order valence-corrected chi connectivity index (χ4v) is 4.50. The number of hydrazine groups is 1. The lowest BCUT2D eigenvalue weighted by Crippen LogP contribution is -2.46. The van der Waals surface area contributed by atoms with Gasteiger partial charge in [0, 0.05) is 12.6 Å². The minimum Gasteiger partial charge on any atom is -0.323 e. The highest BCUT2D eigenvalue weighted by Gasteiger charge is 2.35. The molecule has 0 aliphatic carbocycles. The summed E-state index contributed by atoms with van der Waals surface area (Å²) in [4.78, 5) is 0.249. The molecule has 0 aromatic heterocycles. The Morgan fingerprint density at radius 1 is 1.32 bits per heavy atom. The van der Waals surface area contributed by atoms with Crippen LogP contribution in [-0.2, 0) is 10.0 Å². The number of sulfonamides is 1. The topological polar surface area (TPSA) is 75.4 Å². The highest BCUT2D eigenvalue weighted by molar-refractivity contribution is 7.89. The van der Waals surface area contributed by atoms with E-state index in [0.29, 0.717) is 18.2 Å². The molecule has 0 amide bonds. The second-order valence-electron chi connectivity index (χ2n) is 5.12. The molecule has 2 atom stereocenters. The molecule has 6 heteroatoms. The maximum Gasteiger partial charge on any atom is 0.245 e. The van der Waals surface area contributed by atoms with Gasteiger partial charge in [-0.05, 0) is 37.8 Å². The minimum absolute atomic E-state index is 0.0181. The number of nitrogens with zero attached hydrogens (tertiary/aromatic N) is 1. The Hall–Kier alpha value is -1.11. The molecule has 106 valence electrons. The summed E-state index contributed by atoms with van der Waals surface area (Å²) in [5.41, 5.74) is 2.90. The Kier molecular flexibility index (Phi) is 4.13. The van der Waals surface area contributed by atoms with E-state index in [4.69, 9.17) is 5.84 Å². The van der Waals surface area contributed by atoms with Gasteiger partial charge in [0.25, 0.3) is 0 Å². The molecule has 1 fully saturated rings. The summed E-state index contributed by atoms with van der Waals surface area (Å²) in [6, 6.07) is 6.76. The van der Waals surface area contributed by atoms with Crippen LogP contribution < -0.4 is 11.3 Å². The first-order valence-corrected chi connectivity index (χ1v) is 8.00. The second kappa shape index (κ2) is 5.48. The molecular formula is C13H21N3O2S. The molecule has 0 radical (unpaired) electrons. The number of piperidine rings is 1. The van der Waals surface area contributed by atoms with Gasteiger partial charge in [-0.25, -0.2) is 8.42 Å². The highest BCUT2D eigenvalue weighted by atomic mass is 32.2. The molecule has 1 aromatic rings. The summed E-state index contributed by atoms with van der Waals surface area (Å²) in [7, 11) is -3.50. The van der Waals surface area contributed by atoms with Crippen LogP contribution in [-0.4, -0.2) is 25.3 Å². The van der Waals surface area contributed by atoms with E-state index in [2.05, 4.69) is 12.3 Å². The molecule has 2 rings (SSSR count). The molecule has 19 heavy (non-hydrogen) atoms. The Morgan fingerprint density at radius 3 is 2.68 bits per heavy atom. The van der Waals surface area contributed by atoms with E-state index in [1.165, 1.54) is 0 Å². The van der Waals surface area contributed by atoms with E-state index in [1.807, 2.05) is 6.92 Å². The average Bonchev–Trinajstić information content (AvgIpc) is 2.41. The van der Waals surface area contributed by atoms with Gasteiger partial charge >= 0.3 is 0 Å². The smallest absolute Gasteiger partial charge is 0.245 e. The SMILES string of the molecule is CC1CCCN(S(=O)(=O)c2ccccc2NN)C1C. The zero-order chi connectivity index (χ0) is 14.0. The van der Waals surface area contributed by atoms with Gasteiger partial charge in [-0.2, -0.15) is 4.31 Å². The fraction of sp³-hybridized carbons (Fsp3) is 0.538. The van der Waals surface area contributed by atoms with E-state index in [0.717, 1.165) is 12.8 Å². The van der Waals surface area contributed by atoms with Gasteiger partial charge in [-0.15, -0.1) is 0 Å². The van der Waals surface area contributed by atoms with Gasteiger partial charge in [0.1, 0.15) is 4.90 Å². The Bertz CT molecular complexity index is 545. The van der Waals surface area contributed by atoms with Crippen molar-refractivity contribution in [1.82, 2.24) is 4.31 Å². The highest BCUT2D eigenvalue weighted by Crippen LogP contribution is 2.31. The molecule has 1 heterocycles. The van der Waals surface area contributed by atoms with Crippen molar-refractivity contribution >= 4 is 15.7 Å². The van der Waals surface area contributed by atoms with E-state index >= 15 is 0 Å². The van der Waals surface area contributed by atoms with Crippen LogP contribution in [0.5, 0.6) is 0 Å². The van der Waals surface area contributed by atoms with E-state index in [-0.39, 0.29) is 10.9 Å². The normalized spacial score (nSPS) is 25.2. The van der Waals surface area contributed by atoms with Crippen LogP contribution in [0.15, 0.2) is 29.2 Å². The molecule has 0 bridgehead atoms. The van der Waals surface area contributed by atoms with Crippen LogP contribution >= 0.6 is 0 Å². The number of nitrogens with two attached hydrogens (primary N) is 1. The number of benzene rings is 1. The molecule has 2 unspecified atom stereocenters. The number of anilines is 1. The number of hydrogen-bond donors (Lipinski definition) is 2. The van der Waals surface area contributed by atoms with Gasteiger partial charge in [0.05, 0.1) is 5.69 Å². The van der Waals surface area contributed by atoms with Crippen molar-refractivity contribution in [2.24, 2.45) is 11.8 Å². The molecule has 5 nitrogen and oxygen atoms in total. The van der Waals surface area contributed by atoms with Crippen LogP contribution in [0.25, 0.3) is 0 Å². The Morgan fingerprint density at radius 2 is 2.00 bits per heavy atom. The summed E-state index contributed by atoms with van der Waals surface area (Å²) in [5, 5.41) is 0. The number of para-hydroxylation sites is 1.